The van der Waals surface area contributed by atoms with Crippen molar-refractivity contribution in [3.8, 4) is 0 Å². The van der Waals surface area contributed by atoms with Crippen LogP contribution < -0.4 is 11.1 Å². The predicted molar refractivity (Wildman–Crippen MR) is 55.8 cm³/mol. The van der Waals surface area contributed by atoms with Gasteiger partial charge in [-0.15, -0.1) is 0 Å². The van der Waals surface area contributed by atoms with Crippen LogP contribution in [0.5, 0.6) is 0 Å². The van der Waals surface area contributed by atoms with Gasteiger partial charge in [0.2, 0.25) is 5.91 Å². The Labute approximate surface area is 83.9 Å². The molecule has 0 saturated carbocycles. The first-order chi connectivity index (χ1) is 6.83. The van der Waals surface area contributed by atoms with Gasteiger partial charge in [0.1, 0.15) is 0 Å². The number of amides is 1. The molecule has 0 aliphatic heterocycles. The number of carbonyl (C=O) groups excluding carboxylic acids is 1. The van der Waals surface area contributed by atoms with Crippen molar-refractivity contribution in [1.29, 1.82) is 0 Å². The van der Waals surface area contributed by atoms with E-state index >= 15 is 0 Å². The zero-order valence-corrected chi connectivity index (χ0v) is 8.25. The second-order valence-corrected chi connectivity index (χ2v) is 3.19. The van der Waals surface area contributed by atoms with Gasteiger partial charge in [0.25, 0.3) is 0 Å². The number of aromatic nitrogens is 1. The normalized spacial score (nSPS) is 10.1. The number of H-pyrrole nitrogens is 1. The molecule has 4 N–H and O–H groups in total. The van der Waals surface area contributed by atoms with Gasteiger partial charge < -0.3 is 16.0 Å². The van der Waals surface area contributed by atoms with Crippen LogP contribution in [0.4, 0.5) is 0 Å². The van der Waals surface area contributed by atoms with Crippen LogP contribution in [0.2, 0.25) is 0 Å². The molecular weight excluding hydrogens is 178 g/mol. The molecular formula is C10H17N3O. The number of hydrogen-bond acceptors (Lipinski definition) is 2. The summed E-state index contributed by atoms with van der Waals surface area (Å²) < 4.78 is 0. The van der Waals surface area contributed by atoms with Gasteiger partial charge in [-0.3, -0.25) is 4.79 Å². The van der Waals surface area contributed by atoms with Crippen molar-refractivity contribution >= 4 is 5.91 Å². The minimum Gasteiger partial charge on any atom is -0.365 e. The molecule has 0 saturated heterocycles. The van der Waals surface area contributed by atoms with Crippen LogP contribution in [0.25, 0.3) is 0 Å². The first-order valence-corrected chi connectivity index (χ1v) is 4.92. The van der Waals surface area contributed by atoms with E-state index in [9.17, 15) is 4.79 Å². The van der Waals surface area contributed by atoms with Gasteiger partial charge in [-0.05, 0) is 25.1 Å². The Morgan fingerprint density at radius 2 is 2.43 bits per heavy atom. The molecule has 0 spiro atoms. The van der Waals surface area contributed by atoms with Crippen LogP contribution in [0.1, 0.15) is 18.5 Å². The third kappa shape index (κ3) is 4.09. The first-order valence-electron chi connectivity index (χ1n) is 4.92. The van der Waals surface area contributed by atoms with Crippen LogP contribution in [-0.4, -0.2) is 24.0 Å². The van der Waals surface area contributed by atoms with Crippen molar-refractivity contribution in [2.45, 2.75) is 19.3 Å². The van der Waals surface area contributed by atoms with Gasteiger partial charge >= 0.3 is 0 Å². The Morgan fingerprint density at radius 3 is 3.07 bits per heavy atom. The maximum Gasteiger partial charge on any atom is 0.220 e. The van der Waals surface area contributed by atoms with Crippen molar-refractivity contribution in [2.75, 3.05) is 13.1 Å². The number of carbonyl (C=O) groups is 1. The van der Waals surface area contributed by atoms with Crippen molar-refractivity contribution in [3.05, 3.63) is 24.0 Å². The summed E-state index contributed by atoms with van der Waals surface area (Å²) >= 11 is 0. The Bertz CT molecular complexity index is 256. The van der Waals surface area contributed by atoms with E-state index in [2.05, 4.69) is 10.3 Å². The van der Waals surface area contributed by atoms with E-state index in [1.807, 2.05) is 18.3 Å². The van der Waals surface area contributed by atoms with Crippen LogP contribution >= 0.6 is 0 Å². The number of aromatic amines is 1. The lowest BCUT2D eigenvalue weighted by Gasteiger charge is -2.03. The lowest BCUT2D eigenvalue weighted by molar-refractivity contribution is -0.121. The van der Waals surface area contributed by atoms with E-state index in [4.69, 9.17) is 5.73 Å². The number of rotatable bonds is 6. The summed E-state index contributed by atoms with van der Waals surface area (Å²) in [5.41, 5.74) is 6.44. The molecule has 0 unspecified atom stereocenters. The van der Waals surface area contributed by atoms with Gasteiger partial charge in [-0.1, -0.05) is 0 Å². The quantitative estimate of drug-likeness (QED) is 0.615. The Morgan fingerprint density at radius 1 is 1.57 bits per heavy atom. The zero-order valence-electron chi connectivity index (χ0n) is 8.25. The summed E-state index contributed by atoms with van der Waals surface area (Å²) in [6.07, 6.45) is 4.02. The molecule has 1 aromatic rings. The highest BCUT2D eigenvalue weighted by molar-refractivity contribution is 5.75. The second kappa shape index (κ2) is 6.21. The lowest BCUT2D eigenvalue weighted by Crippen LogP contribution is -2.26. The molecule has 0 aliphatic rings. The van der Waals surface area contributed by atoms with E-state index in [1.54, 1.807) is 0 Å². The zero-order chi connectivity index (χ0) is 10.2. The summed E-state index contributed by atoms with van der Waals surface area (Å²) in [7, 11) is 0. The van der Waals surface area contributed by atoms with Gasteiger partial charge in [0.05, 0.1) is 0 Å². The minimum atomic E-state index is 0.0852. The number of hydrogen-bond donors (Lipinski definition) is 3. The largest absolute Gasteiger partial charge is 0.365 e. The molecule has 0 fully saturated rings. The highest BCUT2D eigenvalue weighted by Crippen LogP contribution is 1.94. The summed E-state index contributed by atoms with van der Waals surface area (Å²) in [6, 6.07) is 3.96. The third-order valence-corrected chi connectivity index (χ3v) is 1.99. The molecule has 1 rings (SSSR count). The van der Waals surface area contributed by atoms with Crippen LogP contribution in [0.15, 0.2) is 18.3 Å². The highest BCUT2D eigenvalue weighted by atomic mass is 16.1. The van der Waals surface area contributed by atoms with E-state index < -0.39 is 0 Å². The fraction of sp³-hybridized carbons (Fsp3) is 0.500. The predicted octanol–water partition coefficient (Wildman–Crippen LogP) is 0.412. The summed E-state index contributed by atoms with van der Waals surface area (Å²) in [4.78, 5) is 14.2. The van der Waals surface area contributed by atoms with E-state index in [0.29, 0.717) is 19.5 Å². The maximum atomic E-state index is 11.2. The molecule has 1 aromatic heterocycles. The maximum absolute atomic E-state index is 11.2. The fourth-order valence-electron chi connectivity index (χ4n) is 1.21. The van der Waals surface area contributed by atoms with Crippen LogP contribution in [0, 0.1) is 0 Å². The molecule has 0 atom stereocenters. The summed E-state index contributed by atoms with van der Waals surface area (Å²) in [5, 5.41) is 2.84. The molecule has 0 aliphatic carbocycles. The van der Waals surface area contributed by atoms with Gasteiger partial charge in [0.15, 0.2) is 0 Å². The fourth-order valence-corrected chi connectivity index (χ4v) is 1.21. The number of nitrogens with one attached hydrogen (secondary N) is 2. The van der Waals surface area contributed by atoms with Crippen molar-refractivity contribution < 1.29 is 4.79 Å². The highest BCUT2D eigenvalue weighted by Gasteiger charge is 1.99. The topological polar surface area (TPSA) is 70.9 Å². The monoisotopic (exact) mass is 195 g/mol. The Balaban J connectivity index is 2.06. The summed E-state index contributed by atoms with van der Waals surface area (Å²) in [6.45, 7) is 1.26. The summed E-state index contributed by atoms with van der Waals surface area (Å²) in [5.74, 6) is 0.0852. The Kier molecular flexibility index (Phi) is 4.78. The van der Waals surface area contributed by atoms with Crippen molar-refractivity contribution in [1.82, 2.24) is 10.3 Å². The molecule has 0 radical (unpaired) electrons. The van der Waals surface area contributed by atoms with E-state index in [-0.39, 0.29) is 5.91 Å². The molecule has 1 heterocycles. The standard InChI is InChI=1S/C10H17N3O/c11-6-1-4-10(14)13-8-5-9-3-2-7-12-9/h2-3,7,12H,1,4-6,8,11H2,(H,13,14). The third-order valence-electron chi connectivity index (χ3n) is 1.99. The minimum absolute atomic E-state index is 0.0852. The van der Waals surface area contributed by atoms with Crippen molar-refractivity contribution in [2.24, 2.45) is 5.73 Å². The van der Waals surface area contributed by atoms with Gasteiger partial charge in [0, 0.05) is 31.3 Å². The van der Waals surface area contributed by atoms with Crippen molar-refractivity contribution in [3.63, 3.8) is 0 Å². The smallest absolute Gasteiger partial charge is 0.220 e. The molecule has 4 heteroatoms. The molecule has 14 heavy (non-hydrogen) atoms. The molecule has 0 aromatic carbocycles. The van der Waals surface area contributed by atoms with Gasteiger partial charge in [-0.2, -0.15) is 0 Å². The lowest BCUT2D eigenvalue weighted by atomic mass is 10.3. The number of nitrogens with two attached hydrogens (primary N) is 1. The molecule has 1 amide bonds. The average molecular weight is 195 g/mol. The van der Waals surface area contributed by atoms with Crippen LogP contribution in [-0.2, 0) is 11.2 Å². The van der Waals surface area contributed by atoms with Gasteiger partial charge in [-0.25, -0.2) is 0 Å². The molecule has 78 valence electrons. The molecule has 0 bridgehead atoms. The first kappa shape index (κ1) is 10.8. The molecule has 4 nitrogen and oxygen atoms in total. The average Bonchev–Trinajstić information content (AvgIpc) is 2.67. The SMILES string of the molecule is NCCCC(=O)NCCc1ccc[nH]1. The van der Waals surface area contributed by atoms with Crippen LogP contribution in [0.3, 0.4) is 0 Å². The Hall–Kier alpha value is -1.29. The van der Waals surface area contributed by atoms with E-state index in [0.717, 1.165) is 18.5 Å². The second-order valence-electron chi connectivity index (χ2n) is 3.19. The van der Waals surface area contributed by atoms with E-state index in [1.165, 1.54) is 0 Å².